The highest BCUT2D eigenvalue weighted by Crippen LogP contribution is 2.11. The molecule has 0 aliphatic carbocycles. The van der Waals surface area contributed by atoms with Crippen LogP contribution in [0.4, 0.5) is 0 Å². The molecule has 1 aromatic heterocycles. The SMILES string of the molecule is CC(Cc1ccc(Cl)cc1)NCCc1nncn1C. The zero-order valence-corrected chi connectivity index (χ0v) is 12.1. The van der Waals surface area contributed by atoms with E-state index in [2.05, 4.69) is 34.6 Å². The lowest BCUT2D eigenvalue weighted by atomic mass is 10.1. The number of aryl methyl sites for hydroxylation is 1. The lowest BCUT2D eigenvalue weighted by Gasteiger charge is -2.13. The molecule has 2 rings (SSSR count). The molecule has 0 radical (unpaired) electrons. The Morgan fingerprint density at radius 3 is 2.68 bits per heavy atom. The Morgan fingerprint density at radius 2 is 2.05 bits per heavy atom. The predicted molar refractivity (Wildman–Crippen MR) is 77.3 cm³/mol. The molecular formula is C14H19ClN4. The fraction of sp³-hybridized carbons (Fsp3) is 0.429. The lowest BCUT2D eigenvalue weighted by Crippen LogP contribution is -2.30. The Hall–Kier alpha value is -1.39. The zero-order valence-electron chi connectivity index (χ0n) is 11.3. The second-order valence-corrected chi connectivity index (χ2v) is 5.23. The van der Waals surface area contributed by atoms with Crippen LogP contribution in [0.25, 0.3) is 0 Å². The number of halogens is 1. The molecule has 1 N–H and O–H groups in total. The van der Waals surface area contributed by atoms with E-state index in [1.807, 2.05) is 23.7 Å². The quantitative estimate of drug-likeness (QED) is 0.881. The molecule has 5 heteroatoms. The summed E-state index contributed by atoms with van der Waals surface area (Å²) in [7, 11) is 1.96. The molecule has 102 valence electrons. The molecule has 1 unspecified atom stereocenters. The van der Waals surface area contributed by atoms with Gasteiger partial charge in [0.2, 0.25) is 0 Å². The van der Waals surface area contributed by atoms with Gasteiger partial charge in [0.15, 0.2) is 0 Å². The summed E-state index contributed by atoms with van der Waals surface area (Å²) in [6.07, 6.45) is 3.61. The summed E-state index contributed by atoms with van der Waals surface area (Å²) in [6, 6.07) is 8.44. The summed E-state index contributed by atoms with van der Waals surface area (Å²) in [4.78, 5) is 0. The molecule has 0 amide bonds. The predicted octanol–water partition coefficient (Wildman–Crippen LogP) is 2.23. The van der Waals surface area contributed by atoms with Gasteiger partial charge in [-0.2, -0.15) is 0 Å². The molecule has 2 aromatic rings. The van der Waals surface area contributed by atoms with E-state index in [0.717, 1.165) is 30.2 Å². The molecule has 0 saturated heterocycles. The van der Waals surface area contributed by atoms with Gasteiger partial charge in [-0.15, -0.1) is 10.2 Å². The fourth-order valence-electron chi connectivity index (χ4n) is 2.01. The number of hydrogen-bond acceptors (Lipinski definition) is 3. The minimum absolute atomic E-state index is 0.425. The molecule has 1 aromatic carbocycles. The van der Waals surface area contributed by atoms with E-state index in [4.69, 9.17) is 11.6 Å². The van der Waals surface area contributed by atoms with Crippen molar-refractivity contribution in [2.45, 2.75) is 25.8 Å². The van der Waals surface area contributed by atoms with Crippen molar-refractivity contribution in [3.63, 3.8) is 0 Å². The normalized spacial score (nSPS) is 12.6. The summed E-state index contributed by atoms with van der Waals surface area (Å²) in [5.41, 5.74) is 1.29. The summed E-state index contributed by atoms with van der Waals surface area (Å²) < 4.78 is 1.95. The van der Waals surface area contributed by atoms with Gasteiger partial charge in [-0.1, -0.05) is 23.7 Å². The van der Waals surface area contributed by atoms with Crippen molar-refractivity contribution in [1.29, 1.82) is 0 Å². The Morgan fingerprint density at radius 1 is 1.32 bits per heavy atom. The molecule has 0 fully saturated rings. The Kier molecular flexibility index (Phi) is 4.93. The lowest BCUT2D eigenvalue weighted by molar-refractivity contribution is 0.539. The van der Waals surface area contributed by atoms with Crippen molar-refractivity contribution in [3.05, 3.63) is 47.0 Å². The summed E-state index contributed by atoms with van der Waals surface area (Å²) in [5, 5.41) is 12.2. The van der Waals surface area contributed by atoms with Gasteiger partial charge < -0.3 is 9.88 Å². The van der Waals surface area contributed by atoms with Gasteiger partial charge in [0.1, 0.15) is 12.2 Å². The molecule has 1 heterocycles. The first kappa shape index (κ1) is 14.0. The van der Waals surface area contributed by atoms with Crippen LogP contribution < -0.4 is 5.32 Å². The third-order valence-electron chi connectivity index (χ3n) is 3.10. The molecule has 0 aliphatic heterocycles. The van der Waals surface area contributed by atoms with Gasteiger partial charge in [0.05, 0.1) is 0 Å². The first-order valence-corrected chi connectivity index (χ1v) is 6.83. The highest BCUT2D eigenvalue weighted by atomic mass is 35.5. The second-order valence-electron chi connectivity index (χ2n) is 4.79. The number of nitrogens with one attached hydrogen (secondary N) is 1. The molecule has 19 heavy (non-hydrogen) atoms. The van der Waals surface area contributed by atoms with Gasteiger partial charge in [0, 0.05) is 31.1 Å². The van der Waals surface area contributed by atoms with E-state index in [1.54, 1.807) is 6.33 Å². The Balaban J connectivity index is 1.74. The smallest absolute Gasteiger partial charge is 0.133 e. The maximum Gasteiger partial charge on any atom is 0.133 e. The van der Waals surface area contributed by atoms with Crippen molar-refractivity contribution in [2.24, 2.45) is 7.05 Å². The topological polar surface area (TPSA) is 42.7 Å². The van der Waals surface area contributed by atoms with Crippen molar-refractivity contribution in [3.8, 4) is 0 Å². The van der Waals surface area contributed by atoms with Crippen molar-refractivity contribution in [2.75, 3.05) is 6.54 Å². The minimum atomic E-state index is 0.425. The van der Waals surface area contributed by atoms with E-state index in [1.165, 1.54) is 5.56 Å². The average molecular weight is 279 g/mol. The maximum absolute atomic E-state index is 5.87. The first-order chi connectivity index (χ1) is 9.15. The van der Waals surface area contributed by atoms with Gasteiger partial charge in [0.25, 0.3) is 0 Å². The van der Waals surface area contributed by atoms with E-state index in [-0.39, 0.29) is 0 Å². The van der Waals surface area contributed by atoms with Gasteiger partial charge in [-0.05, 0) is 31.0 Å². The number of benzene rings is 1. The van der Waals surface area contributed by atoms with Crippen molar-refractivity contribution in [1.82, 2.24) is 20.1 Å². The van der Waals surface area contributed by atoms with Crippen LogP contribution in [-0.2, 0) is 19.9 Å². The third-order valence-corrected chi connectivity index (χ3v) is 3.35. The van der Waals surface area contributed by atoms with Crippen LogP contribution in [0.3, 0.4) is 0 Å². The van der Waals surface area contributed by atoms with Gasteiger partial charge >= 0.3 is 0 Å². The molecule has 0 saturated carbocycles. The van der Waals surface area contributed by atoms with Crippen molar-refractivity contribution < 1.29 is 0 Å². The molecule has 0 aliphatic rings. The Bertz CT molecular complexity index is 506. The summed E-state index contributed by atoms with van der Waals surface area (Å²) in [6.45, 7) is 3.09. The largest absolute Gasteiger partial charge is 0.321 e. The fourth-order valence-corrected chi connectivity index (χ4v) is 2.14. The molecule has 1 atom stereocenters. The number of aromatic nitrogens is 3. The second kappa shape index (κ2) is 6.68. The molecular weight excluding hydrogens is 260 g/mol. The van der Waals surface area contributed by atoms with E-state index >= 15 is 0 Å². The standard InChI is InChI=1S/C14H19ClN4/c1-11(9-12-3-5-13(15)6-4-12)16-8-7-14-18-17-10-19(14)2/h3-6,10-11,16H,7-9H2,1-2H3. The summed E-state index contributed by atoms with van der Waals surface area (Å²) >= 11 is 5.87. The first-order valence-electron chi connectivity index (χ1n) is 6.46. The van der Waals surface area contributed by atoms with E-state index < -0.39 is 0 Å². The van der Waals surface area contributed by atoms with Crippen LogP contribution in [-0.4, -0.2) is 27.4 Å². The average Bonchev–Trinajstić information content (AvgIpc) is 2.78. The van der Waals surface area contributed by atoms with Crippen LogP contribution in [0, 0.1) is 0 Å². The van der Waals surface area contributed by atoms with Gasteiger partial charge in [-0.25, -0.2) is 0 Å². The highest BCUT2D eigenvalue weighted by Gasteiger charge is 2.05. The number of hydrogen-bond donors (Lipinski definition) is 1. The van der Waals surface area contributed by atoms with Crippen LogP contribution in [0.1, 0.15) is 18.3 Å². The van der Waals surface area contributed by atoms with Crippen molar-refractivity contribution >= 4 is 11.6 Å². The molecule has 0 bridgehead atoms. The number of nitrogens with zero attached hydrogens (tertiary/aromatic N) is 3. The van der Waals surface area contributed by atoms with Crippen LogP contribution in [0.2, 0.25) is 5.02 Å². The maximum atomic E-state index is 5.87. The Labute approximate surface area is 118 Å². The van der Waals surface area contributed by atoms with Crippen LogP contribution >= 0.6 is 11.6 Å². The number of rotatable bonds is 6. The highest BCUT2D eigenvalue weighted by molar-refractivity contribution is 6.30. The zero-order chi connectivity index (χ0) is 13.7. The van der Waals surface area contributed by atoms with Crippen LogP contribution in [0.5, 0.6) is 0 Å². The monoisotopic (exact) mass is 278 g/mol. The molecule has 0 spiro atoms. The molecule has 4 nitrogen and oxygen atoms in total. The van der Waals surface area contributed by atoms with E-state index in [9.17, 15) is 0 Å². The van der Waals surface area contributed by atoms with E-state index in [0.29, 0.717) is 6.04 Å². The van der Waals surface area contributed by atoms with Gasteiger partial charge in [-0.3, -0.25) is 0 Å². The summed E-state index contributed by atoms with van der Waals surface area (Å²) in [5.74, 6) is 1.01. The van der Waals surface area contributed by atoms with Crippen LogP contribution in [0.15, 0.2) is 30.6 Å². The minimum Gasteiger partial charge on any atom is -0.321 e. The third kappa shape index (κ3) is 4.33.